The fourth-order valence-corrected chi connectivity index (χ4v) is 2.63. The highest BCUT2D eigenvalue weighted by Gasteiger charge is 2.17. The van der Waals surface area contributed by atoms with Crippen molar-refractivity contribution in [2.45, 2.75) is 33.7 Å². The Morgan fingerprint density at radius 2 is 2.00 bits per heavy atom. The highest BCUT2D eigenvalue weighted by molar-refractivity contribution is 6.12. The van der Waals surface area contributed by atoms with Gasteiger partial charge in [0, 0.05) is 17.4 Å². The second kappa shape index (κ2) is 6.03. The maximum Gasteiger partial charge on any atom is 0.256 e. The number of rotatable bonds is 3. The lowest BCUT2D eigenvalue weighted by Crippen LogP contribution is -2.14. The van der Waals surface area contributed by atoms with Crippen molar-refractivity contribution in [1.29, 1.82) is 0 Å². The van der Waals surface area contributed by atoms with E-state index in [4.69, 9.17) is 0 Å². The highest BCUT2D eigenvalue weighted by Crippen LogP contribution is 2.23. The molecule has 24 heavy (non-hydrogen) atoms. The summed E-state index contributed by atoms with van der Waals surface area (Å²) in [5, 5.41) is 7.79. The van der Waals surface area contributed by atoms with E-state index in [-0.39, 0.29) is 17.8 Å². The number of nitrogens with one attached hydrogen (secondary N) is 1. The third kappa shape index (κ3) is 2.87. The first-order valence-corrected chi connectivity index (χ1v) is 7.79. The number of halogens is 1. The molecule has 5 nitrogen and oxygen atoms in total. The molecule has 2 heterocycles. The molecule has 0 spiro atoms. The van der Waals surface area contributed by atoms with E-state index in [2.05, 4.69) is 15.4 Å². The summed E-state index contributed by atoms with van der Waals surface area (Å²) in [5.41, 5.74) is 3.13. The predicted octanol–water partition coefficient (Wildman–Crippen LogP) is 4.02. The Hall–Kier alpha value is -2.76. The summed E-state index contributed by atoms with van der Waals surface area (Å²) in [4.78, 5) is 17.2. The van der Waals surface area contributed by atoms with Gasteiger partial charge in [0.2, 0.25) is 0 Å². The fraction of sp³-hybridized carbons (Fsp3) is 0.278. The molecule has 0 aliphatic rings. The summed E-state index contributed by atoms with van der Waals surface area (Å²) in [6.07, 6.45) is 1.65. The molecule has 0 bridgehead atoms. The van der Waals surface area contributed by atoms with Crippen molar-refractivity contribution in [1.82, 2.24) is 14.8 Å². The summed E-state index contributed by atoms with van der Waals surface area (Å²) < 4.78 is 15.2. The van der Waals surface area contributed by atoms with Gasteiger partial charge in [-0.2, -0.15) is 5.10 Å². The smallest absolute Gasteiger partial charge is 0.256 e. The molecule has 0 aliphatic heterocycles. The van der Waals surface area contributed by atoms with Gasteiger partial charge in [0.1, 0.15) is 5.82 Å². The van der Waals surface area contributed by atoms with Gasteiger partial charge in [0.25, 0.3) is 5.91 Å². The number of aryl methyl sites for hydroxylation is 2. The van der Waals surface area contributed by atoms with Crippen LogP contribution in [-0.4, -0.2) is 20.7 Å². The molecule has 0 aliphatic carbocycles. The van der Waals surface area contributed by atoms with Crippen LogP contribution in [0.25, 0.3) is 11.0 Å². The van der Waals surface area contributed by atoms with E-state index in [1.54, 1.807) is 23.0 Å². The third-order valence-corrected chi connectivity index (χ3v) is 3.88. The van der Waals surface area contributed by atoms with Crippen LogP contribution in [-0.2, 0) is 0 Å². The lowest BCUT2D eigenvalue weighted by Gasteiger charge is -2.11. The number of benzene rings is 1. The van der Waals surface area contributed by atoms with Crippen LogP contribution in [0.5, 0.6) is 0 Å². The largest absolute Gasteiger partial charge is 0.322 e. The Kier molecular flexibility index (Phi) is 4.05. The van der Waals surface area contributed by atoms with Gasteiger partial charge in [-0.3, -0.25) is 4.79 Å². The number of amides is 1. The van der Waals surface area contributed by atoms with E-state index in [9.17, 15) is 9.18 Å². The van der Waals surface area contributed by atoms with Crippen LogP contribution < -0.4 is 5.32 Å². The van der Waals surface area contributed by atoms with Gasteiger partial charge in [-0.1, -0.05) is 6.07 Å². The number of carbonyl (C=O) groups excluding carboxylic acids is 1. The van der Waals surface area contributed by atoms with Crippen LogP contribution in [0, 0.1) is 19.7 Å². The van der Waals surface area contributed by atoms with Crippen molar-refractivity contribution in [2.24, 2.45) is 0 Å². The molecule has 1 N–H and O–H groups in total. The van der Waals surface area contributed by atoms with Crippen LogP contribution in [0.4, 0.5) is 10.1 Å². The van der Waals surface area contributed by atoms with Crippen molar-refractivity contribution in [3.05, 3.63) is 53.1 Å². The Balaban J connectivity index is 2.05. The predicted molar refractivity (Wildman–Crippen MR) is 91.7 cm³/mol. The topological polar surface area (TPSA) is 59.8 Å². The number of fused-ring (bicyclic) bond motifs is 1. The maximum atomic E-state index is 13.4. The first-order chi connectivity index (χ1) is 11.4. The number of anilines is 1. The number of nitrogens with zero attached hydrogens (tertiary/aromatic N) is 3. The first kappa shape index (κ1) is 16.1. The Labute approximate surface area is 139 Å². The minimum absolute atomic E-state index is 0.137. The number of aromatic nitrogens is 3. The second-order valence-electron chi connectivity index (χ2n) is 6.14. The highest BCUT2D eigenvalue weighted by atomic mass is 19.1. The average molecular weight is 326 g/mol. The van der Waals surface area contributed by atoms with Gasteiger partial charge in [0.05, 0.1) is 17.1 Å². The molecular formula is C18H19FN4O. The molecular weight excluding hydrogens is 307 g/mol. The molecule has 3 rings (SSSR count). The van der Waals surface area contributed by atoms with Crippen molar-refractivity contribution < 1.29 is 9.18 Å². The molecule has 0 atom stereocenters. The normalized spacial score (nSPS) is 11.2. The van der Waals surface area contributed by atoms with Gasteiger partial charge in [-0.05, 0) is 51.5 Å². The molecule has 0 saturated heterocycles. The lowest BCUT2D eigenvalue weighted by molar-refractivity contribution is 0.102. The second-order valence-corrected chi connectivity index (χ2v) is 6.14. The van der Waals surface area contributed by atoms with Crippen LogP contribution in [0.15, 0.2) is 30.5 Å². The zero-order chi connectivity index (χ0) is 17.4. The molecule has 2 aromatic heterocycles. The molecule has 0 saturated carbocycles. The van der Waals surface area contributed by atoms with Gasteiger partial charge in [-0.25, -0.2) is 14.1 Å². The lowest BCUT2D eigenvalue weighted by atomic mass is 10.1. The van der Waals surface area contributed by atoms with Crippen LogP contribution in [0.1, 0.15) is 41.5 Å². The van der Waals surface area contributed by atoms with E-state index < -0.39 is 0 Å². The van der Waals surface area contributed by atoms with E-state index >= 15 is 0 Å². The quantitative estimate of drug-likeness (QED) is 0.791. The number of pyridine rings is 1. The van der Waals surface area contributed by atoms with Gasteiger partial charge in [-0.15, -0.1) is 0 Å². The summed E-state index contributed by atoms with van der Waals surface area (Å²) in [6.45, 7) is 7.67. The molecule has 124 valence electrons. The van der Waals surface area contributed by atoms with E-state index in [0.29, 0.717) is 22.3 Å². The zero-order valence-corrected chi connectivity index (χ0v) is 14.1. The monoisotopic (exact) mass is 326 g/mol. The summed E-state index contributed by atoms with van der Waals surface area (Å²) in [7, 11) is 0. The molecule has 0 unspecified atom stereocenters. The summed E-state index contributed by atoms with van der Waals surface area (Å²) in [5.74, 6) is -0.693. The van der Waals surface area contributed by atoms with Crippen LogP contribution in [0.3, 0.4) is 0 Å². The number of carbonyl (C=O) groups is 1. The van der Waals surface area contributed by atoms with Gasteiger partial charge >= 0.3 is 0 Å². The Morgan fingerprint density at radius 3 is 2.71 bits per heavy atom. The average Bonchev–Trinajstić information content (AvgIpc) is 2.93. The summed E-state index contributed by atoms with van der Waals surface area (Å²) in [6, 6.07) is 6.18. The van der Waals surface area contributed by atoms with Crippen LogP contribution in [0.2, 0.25) is 0 Å². The van der Waals surface area contributed by atoms with E-state index in [0.717, 1.165) is 11.3 Å². The Bertz CT molecular complexity index is 930. The summed E-state index contributed by atoms with van der Waals surface area (Å²) >= 11 is 0. The molecule has 1 aromatic carbocycles. The zero-order valence-electron chi connectivity index (χ0n) is 14.1. The number of hydrogen-bond acceptors (Lipinski definition) is 3. The van der Waals surface area contributed by atoms with Crippen molar-refractivity contribution in [2.75, 3.05) is 5.32 Å². The minimum atomic E-state index is -0.389. The molecule has 0 fully saturated rings. The van der Waals surface area contributed by atoms with E-state index in [1.165, 1.54) is 12.1 Å². The van der Waals surface area contributed by atoms with E-state index in [1.807, 2.05) is 27.7 Å². The third-order valence-electron chi connectivity index (χ3n) is 3.88. The van der Waals surface area contributed by atoms with Crippen molar-refractivity contribution in [3.8, 4) is 0 Å². The van der Waals surface area contributed by atoms with Crippen molar-refractivity contribution in [3.63, 3.8) is 0 Å². The SMILES string of the molecule is Cc1cc(C(=O)Nc2cc(F)ccc2C)c2cnn(C(C)C)c2n1. The molecule has 6 heteroatoms. The molecule has 1 amide bonds. The fourth-order valence-electron chi connectivity index (χ4n) is 2.63. The molecule has 3 aromatic rings. The van der Waals surface area contributed by atoms with Crippen LogP contribution >= 0.6 is 0 Å². The van der Waals surface area contributed by atoms with Gasteiger partial charge < -0.3 is 5.32 Å². The standard InChI is InChI=1S/C18H19FN4O/c1-10(2)23-17-15(9-20-23)14(7-12(4)21-17)18(24)22-16-8-13(19)6-5-11(16)3/h5-10H,1-4H3,(H,22,24). The number of hydrogen-bond donors (Lipinski definition) is 1. The van der Waals surface area contributed by atoms with Gasteiger partial charge in [0.15, 0.2) is 5.65 Å². The Morgan fingerprint density at radius 1 is 1.25 bits per heavy atom. The maximum absolute atomic E-state index is 13.4. The minimum Gasteiger partial charge on any atom is -0.322 e. The molecule has 0 radical (unpaired) electrons. The first-order valence-electron chi connectivity index (χ1n) is 7.79. The van der Waals surface area contributed by atoms with Crippen molar-refractivity contribution >= 4 is 22.6 Å².